The number of azo groups is 1. The molecular formula is C70H91ClN2O5. The number of carbonyl (C=O) groups excluding carboxylic acids is 5. The Hall–Kier alpha value is -5.92. The highest BCUT2D eigenvalue weighted by Gasteiger charge is 2.38. The van der Waals surface area contributed by atoms with Crippen LogP contribution in [0.3, 0.4) is 0 Å². The number of nitrogens with zero attached hydrogens (tertiary/aromatic N) is 2. The molecule has 6 rings (SSSR count). The van der Waals surface area contributed by atoms with Crippen LogP contribution in [0.1, 0.15) is 166 Å². The maximum Gasteiger partial charge on any atom is 0.186 e. The summed E-state index contributed by atoms with van der Waals surface area (Å²) in [5.74, 6) is 0.915. The molecule has 0 bridgehead atoms. The van der Waals surface area contributed by atoms with Crippen LogP contribution in [0, 0.1) is 49.7 Å². The molecule has 7 nitrogen and oxygen atoms in total. The lowest BCUT2D eigenvalue weighted by molar-refractivity contribution is -0.115. The zero-order valence-electron chi connectivity index (χ0n) is 51.8. The number of ketones is 5. The van der Waals surface area contributed by atoms with E-state index in [4.69, 9.17) is 11.6 Å². The van der Waals surface area contributed by atoms with Crippen molar-refractivity contribution in [2.45, 2.75) is 166 Å². The Balaban J connectivity index is 0.000000254. The molecule has 0 radical (unpaired) electrons. The lowest BCUT2D eigenvalue weighted by Gasteiger charge is -2.35. The van der Waals surface area contributed by atoms with Gasteiger partial charge < -0.3 is 0 Å². The second-order valence-electron chi connectivity index (χ2n) is 28.7. The molecular weight excluding hydrogens is 984 g/mol. The van der Waals surface area contributed by atoms with E-state index < -0.39 is 0 Å². The van der Waals surface area contributed by atoms with Gasteiger partial charge in [0, 0.05) is 55.9 Å². The number of carbonyl (C=O) groups is 5. The van der Waals surface area contributed by atoms with Crippen LogP contribution in [0.15, 0.2) is 186 Å². The standard InChI is InChI=1S/C27H36O2.C22H30O2.C21H25ClN2O/c1-17-13-18(14-20(23(17)28)25(2,3)4)11-12-19-15-21(26(5,6)7)24(29)22(16-19)27(8,9)10;1-13-9-15(10-14(2)19(13)23)16-11-17(21(3,4)5)20(24)18(12-16)22(6,7)8;1-20(2,3)17-11-14(12-18(19(17)25)21(4,5)6)13-23-24-16-9-7-15(22)8-10-16/h11-16H,1-10H3;9-12,15-16H,1-8H3;7-13H,1-6H3/b18-11-;;. The largest absolute Gasteiger partial charge is 0.289 e. The van der Waals surface area contributed by atoms with Gasteiger partial charge >= 0.3 is 0 Å². The number of benzene rings is 1. The number of rotatable bonds is 4. The maximum atomic E-state index is 13.1. The van der Waals surface area contributed by atoms with Crippen molar-refractivity contribution in [3.8, 4) is 0 Å². The fourth-order valence-electron chi connectivity index (χ4n) is 9.46. The minimum absolute atomic E-state index is 0.115. The Morgan fingerprint density at radius 3 is 1.00 bits per heavy atom. The molecule has 0 aliphatic heterocycles. The summed E-state index contributed by atoms with van der Waals surface area (Å²) >= 11 is 5.87. The summed E-state index contributed by atoms with van der Waals surface area (Å²) in [6.45, 7) is 49.1. The van der Waals surface area contributed by atoms with Gasteiger partial charge in [0.05, 0.1) is 11.9 Å². The smallest absolute Gasteiger partial charge is 0.186 e. The molecule has 0 aromatic heterocycles. The fraction of sp³-hybridized carbons (Fsp3) is 0.471. The van der Waals surface area contributed by atoms with Crippen LogP contribution in [0.5, 0.6) is 0 Å². The number of hydrogen-bond acceptors (Lipinski definition) is 7. The van der Waals surface area contributed by atoms with Crippen molar-refractivity contribution < 1.29 is 24.0 Å². The third-order valence-corrected chi connectivity index (χ3v) is 14.4. The first-order chi connectivity index (χ1) is 35.3. The summed E-state index contributed by atoms with van der Waals surface area (Å²) in [4.78, 5) is 63.5. The molecule has 0 amide bonds. The molecule has 8 heteroatoms. The molecule has 0 unspecified atom stereocenters. The van der Waals surface area contributed by atoms with Gasteiger partial charge in [-0.05, 0) is 153 Å². The average molecular weight is 1080 g/mol. The number of halogens is 1. The Morgan fingerprint density at radius 2 is 0.654 bits per heavy atom. The molecule has 0 heterocycles. The van der Waals surface area contributed by atoms with Gasteiger partial charge in [-0.2, -0.15) is 10.2 Å². The average Bonchev–Trinajstić information content (AvgIpc) is 3.27. The number of hydrogen-bond donors (Lipinski definition) is 0. The molecule has 78 heavy (non-hydrogen) atoms. The summed E-state index contributed by atoms with van der Waals surface area (Å²) in [5.41, 5.74) is 10.4. The Kier molecular flexibility index (Phi) is 19.7. The molecule has 1 aromatic carbocycles. The molecule has 0 fully saturated rings. The Labute approximate surface area is 474 Å². The molecule has 0 spiro atoms. The van der Waals surface area contributed by atoms with Gasteiger partial charge in [-0.1, -0.05) is 193 Å². The van der Waals surface area contributed by atoms with E-state index in [1.165, 1.54) is 0 Å². The Morgan fingerprint density at radius 1 is 0.359 bits per heavy atom. The van der Waals surface area contributed by atoms with Crippen molar-refractivity contribution in [2.24, 2.45) is 60.0 Å². The molecule has 5 aliphatic rings. The van der Waals surface area contributed by atoms with Gasteiger partial charge in [-0.25, -0.2) is 0 Å². The van der Waals surface area contributed by atoms with Gasteiger partial charge in [0.2, 0.25) is 0 Å². The van der Waals surface area contributed by atoms with Gasteiger partial charge in [0.25, 0.3) is 0 Å². The second-order valence-corrected chi connectivity index (χ2v) is 29.1. The summed E-state index contributed by atoms with van der Waals surface area (Å²) in [5, 5.41) is 9.02. The van der Waals surface area contributed by atoms with Gasteiger partial charge in [-0.3, -0.25) is 24.0 Å². The normalized spacial score (nSPS) is 19.3. The molecule has 0 saturated heterocycles. The zero-order chi connectivity index (χ0) is 59.6. The topological polar surface area (TPSA) is 110 Å². The molecule has 0 saturated carbocycles. The van der Waals surface area contributed by atoms with Crippen LogP contribution in [0.25, 0.3) is 0 Å². The van der Waals surface area contributed by atoms with Crippen LogP contribution >= 0.6 is 11.6 Å². The van der Waals surface area contributed by atoms with Gasteiger partial charge in [0.1, 0.15) is 0 Å². The summed E-state index contributed by atoms with van der Waals surface area (Å²) in [7, 11) is 0. The van der Waals surface area contributed by atoms with Crippen molar-refractivity contribution >= 4 is 46.2 Å². The van der Waals surface area contributed by atoms with E-state index in [9.17, 15) is 24.0 Å². The summed E-state index contributed by atoms with van der Waals surface area (Å²) < 4.78 is 0. The van der Waals surface area contributed by atoms with Crippen LogP contribution in [-0.2, 0) is 24.0 Å². The third-order valence-electron chi connectivity index (χ3n) is 14.1. The fourth-order valence-corrected chi connectivity index (χ4v) is 9.59. The SMILES string of the molecule is CC(C)(C)C1=CC(=CN=Nc2ccc(Cl)cc2)C=C(C(C)(C)C)C1=O.CC1=C/C(=C/C=C2C=C(C(C)(C)C)C(=O)C(C(C)(C)C)=C2)C=C(C(C)(C)C)C1=O.CC1=CC(C2C=C(C(C)(C)C)C(=O)C(C(C)(C)C)=C2)C=C(C)C1=O. The van der Waals surface area contributed by atoms with E-state index in [1.807, 2.05) is 87.6 Å². The minimum Gasteiger partial charge on any atom is -0.289 e. The zero-order valence-corrected chi connectivity index (χ0v) is 52.5. The van der Waals surface area contributed by atoms with Crippen molar-refractivity contribution in [3.05, 3.63) is 181 Å². The second kappa shape index (κ2) is 23.8. The predicted molar refractivity (Wildman–Crippen MR) is 326 cm³/mol. The van der Waals surface area contributed by atoms with Crippen molar-refractivity contribution in [1.29, 1.82) is 0 Å². The first kappa shape index (κ1) is 64.6. The number of allylic oxidation sites excluding steroid dienone is 25. The highest BCUT2D eigenvalue weighted by molar-refractivity contribution is 6.30. The summed E-state index contributed by atoms with van der Waals surface area (Å²) in [6, 6.07) is 7.16. The van der Waals surface area contributed by atoms with Gasteiger partial charge in [0.15, 0.2) is 28.9 Å². The van der Waals surface area contributed by atoms with Crippen LogP contribution in [0.2, 0.25) is 5.02 Å². The van der Waals surface area contributed by atoms with E-state index in [0.29, 0.717) is 5.02 Å². The molecule has 5 aliphatic carbocycles. The van der Waals surface area contributed by atoms with Crippen molar-refractivity contribution in [3.63, 3.8) is 0 Å². The first-order valence-corrected chi connectivity index (χ1v) is 27.8. The van der Waals surface area contributed by atoms with E-state index in [0.717, 1.165) is 78.1 Å². The van der Waals surface area contributed by atoms with Crippen LogP contribution < -0.4 is 0 Å². The third kappa shape index (κ3) is 16.8. The molecule has 0 atom stereocenters. The lowest BCUT2D eigenvalue weighted by atomic mass is 9.68. The van der Waals surface area contributed by atoms with Crippen LogP contribution in [-0.4, -0.2) is 28.9 Å². The molecule has 418 valence electrons. The van der Waals surface area contributed by atoms with Crippen molar-refractivity contribution in [2.75, 3.05) is 0 Å². The van der Waals surface area contributed by atoms with Crippen LogP contribution in [0.4, 0.5) is 5.69 Å². The van der Waals surface area contributed by atoms with E-state index in [2.05, 4.69) is 174 Å². The quantitative estimate of drug-likeness (QED) is 0.279. The first-order valence-electron chi connectivity index (χ1n) is 27.4. The molecule has 1 aromatic rings. The van der Waals surface area contributed by atoms with E-state index >= 15 is 0 Å². The van der Waals surface area contributed by atoms with E-state index in [-0.39, 0.29) is 78.7 Å². The lowest BCUT2D eigenvalue weighted by Crippen LogP contribution is -2.31. The molecule has 0 N–H and O–H groups in total. The van der Waals surface area contributed by atoms with E-state index in [1.54, 1.807) is 18.3 Å². The monoisotopic (exact) mass is 1070 g/mol. The maximum absolute atomic E-state index is 13.1. The highest BCUT2D eigenvalue weighted by atomic mass is 35.5. The predicted octanol–water partition coefficient (Wildman–Crippen LogP) is 18.9. The Bertz CT molecular complexity index is 2930. The number of Topliss-reactive ketones (excluding diaryl/α,β-unsaturated/α-hetero) is 5. The summed E-state index contributed by atoms with van der Waals surface area (Å²) in [6.07, 6.45) is 25.9. The van der Waals surface area contributed by atoms with Crippen molar-refractivity contribution in [1.82, 2.24) is 0 Å². The van der Waals surface area contributed by atoms with Gasteiger partial charge in [-0.15, -0.1) is 0 Å². The minimum atomic E-state index is -0.228. The highest BCUT2D eigenvalue weighted by Crippen LogP contribution is 2.44.